The lowest BCUT2D eigenvalue weighted by atomic mass is 10.0. The Labute approximate surface area is 372 Å². The molecule has 0 aromatic heterocycles. The first-order valence-electron chi connectivity index (χ1n) is 27.7. The highest BCUT2D eigenvalue weighted by Gasteiger charge is 2.20. The van der Waals surface area contributed by atoms with E-state index in [1.54, 1.807) is 0 Å². The van der Waals surface area contributed by atoms with E-state index in [-0.39, 0.29) is 12.5 Å². The third-order valence-corrected chi connectivity index (χ3v) is 13.4. The molecule has 0 fully saturated rings. The predicted molar refractivity (Wildman–Crippen MR) is 263 cm³/mol. The molecule has 0 spiro atoms. The van der Waals surface area contributed by atoms with Crippen LogP contribution in [0.2, 0.25) is 0 Å². The molecule has 0 aliphatic heterocycles. The first kappa shape index (κ1) is 58.4. The van der Waals surface area contributed by atoms with Crippen molar-refractivity contribution in [3.8, 4) is 0 Å². The molecule has 354 valence electrons. The van der Waals surface area contributed by atoms with Gasteiger partial charge in [-0.2, -0.15) is 0 Å². The summed E-state index contributed by atoms with van der Waals surface area (Å²) in [5.41, 5.74) is 0. The molecule has 1 amide bonds. The fraction of sp³-hybridized carbons (Fsp3) is 0.982. The Balaban J connectivity index is 3.40. The van der Waals surface area contributed by atoms with Crippen molar-refractivity contribution in [2.45, 2.75) is 341 Å². The molecule has 0 aromatic carbocycles. The Morgan fingerprint density at radius 2 is 0.542 bits per heavy atom. The number of nitrogens with one attached hydrogen (secondary N) is 1. The van der Waals surface area contributed by atoms with E-state index in [1.165, 1.54) is 276 Å². The van der Waals surface area contributed by atoms with Crippen LogP contribution in [0.25, 0.3) is 0 Å². The zero-order valence-electron chi connectivity index (χ0n) is 40.8. The Bertz CT molecular complexity index is 773. The molecule has 0 aliphatic rings. The number of aliphatic hydroxyl groups excluding tert-OH is 2. The maximum absolute atomic E-state index is 12.5. The van der Waals surface area contributed by atoms with Crippen molar-refractivity contribution in [2.75, 3.05) is 6.61 Å². The average molecular weight is 834 g/mol. The molecule has 2 atom stereocenters. The molecule has 4 nitrogen and oxygen atoms in total. The molecule has 3 N–H and O–H groups in total. The van der Waals surface area contributed by atoms with Gasteiger partial charge in [-0.25, -0.2) is 0 Å². The van der Waals surface area contributed by atoms with Gasteiger partial charge in [0.05, 0.1) is 18.8 Å². The van der Waals surface area contributed by atoms with E-state index in [1.807, 2.05) is 0 Å². The Kier molecular flexibility index (Phi) is 51.2. The number of hydrogen-bond acceptors (Lipinski definition) is 3. The molecule has 0 bridgehead atoms. The Hall–Kier alpha value is -0.610. The summed E-state index contributed by atoms with van der Waals surface area (Å²) in [5.74, 6) is -0.0223. The van der Waals surface area contributed by atoms with Crippen LogP contribution in [0.4, 0.5) is 0 Å². The lowest BCUT2D eigenvalue weighted by Crippen LogP contribution is -2.45. The van der Waals surface area contributed by atoms with Crippen LogP contribution in [-0.2, 0) is 4.79 Å². The van der Waals surface area contributed by atoms with Crippen molar-refractivity contribution in [3.63, 3.8) is 0 Å². The molecule has 0 radical (unpaired) electrons. The van der Waals surface area contributed by atoms with Crippen molar-refractivity contribution >= 4 is 5.91 Å². The van der Waals surface area contributed by atoms with E-state index in [2.05, 4.69) is 19.2 Å². The van der Waals surface area contributed by atoms with Gasteiger partial charge in [0.15, 0.2) is 0 Å². The summed E-state index contributed by atoms with van der Waals surface area (Å²) in [6, 6.07) is -0.531. The van der Waals surface area contributed by atoms with Crippen LogP contribution in [0.15, 0.2) is 0 Å². The van der Waals surface area contributed by atoms with E-state index in [9.17, 15) is 15.0 Å². The second-order valence-corrected chi connectivity index (χ2v) is 19.4. The number of rotatable bonds is 52. The maximum atomic E-state index is 12.5. The van der Waals surface area contributed by atoms with Gasteiger partial charge in [-0.3, -0.25) is 4.79 Å². The van der Waals surface area contributed by atoms with Gasteiger partial charge in [-0.15, -0.1) is 0 Å². The van der Waals surface area contributed by atoms with E-state index < -0.39 is 12.1 Å². The molecular weight excluding hydrogens is 723 g/mol. The van der Waals surface area contributed by atoms with Gasteiger partial charge in [-0.1, -0.05) is 309 Å². The average Bonchev–Trinajstić information content (AvgIpc) is 3.24. The minimum absolute atomic E-state index is 0.0223. The fourth-order valence-electron chi connectivity index (χ4n) is 9.13. The van der Waals surface area contributed by atoms with Crippen molar-refractivity contribution in [1.82, 2.24) is 5.32 Å². The number of aliphatic hydroxyl groups is 2. The maximum Gasteiger partial charge on any atom is 0.220 e. The summed E-state index contributed by atoms with van der Waals surface area (Å²) in [4.78, 5) is 12.5. The Morgan fingerprint density at radius 3 is 0.763 bits per heavy atom. The zero-order valence-corrected chi connectivity index (χ0v) is 40.8. The molecule has 0 saturated carbocycles. The summed E-state index contributed by atoms with van der Waals surface area (Å²) in [6.07, 6.45) is 65.2. The van der Waals surface area contributed by atoms with Crippen molar-refractivity contribution in [3.05, 3.63) is 0 Å². The normalized spacial score (nSPS) is 12.7. The van der Waals surface area contributed by atoms with Crippen LogP contribution >= 0.6 is 0 Å². The minimum Gasteiger partial charge on any atom is -0.394 e. The number of unbranched alkanes of at least 4 members (excludes halogenated alkanes) is 45. The predicted octanol–water partition coefficient (Wildman–Crippen LogP) is 18.0. The van der Waals surface area contributed by atoms with Gasteiger partial charge in [0.25, 0.3) is 0 Å². The van der Waals surface area contributed by atoms with Crippen LogP contribution in [0.3, 0.4) is 0 Å². The van der Waals surface area contributed by atoms with Crippen LogP contribution in [0, 0.1) is 0 Å². The van der Waals surface area contributed by atoms with Gasteiger partial charge in [0.1, 0.15) is 0 Å². The molecule has 2 unspecified atom stereocenters. The molecule has 59 heavy (non-hydrogen) atoms. The van der Waals surface area contributed by atoms with E-state index in [0.29, 0.717) is 12.8 Å². The molecule has 0 heterocycles. The first-order chi connectivity index (χ1) is 29.2. The lowest BCUT2D eigenvalue weighted by Gasteiger charge is -2.22. The third kappa shape index (κ3) is 48.3. The topological polar surface area (TPSA) is 69.6 Å². The van der Waals surface area contributed by atoms with E-state index in [0.717, 1.165) is 25.7 Å². The molecule has 0 aliphatic carbocycles. The number of hydrogen-bond donors (Lipinski definition) is 3. The van der Waals surface area contributed by atoms with Crippen LogP contribution in [0.5, 0.6) is 0 Å². The molecule has 4 heteroatoms. The summed E-state index contributed by atoms with van der Waals surface area (Å²) >= 11 is 0. The van der Waals surface area contributed by atoms with Gasteiger partial charge in [-0.05, 0) is 12.8 Å². The minimum atomic E-state index is -0.655. The summed E-state index contributed by atoms with van der Waals surface area (Å²) in [7, 11) is 0. The summed E-state index contributed by atoms with van der Waals surface area (Å²) in [6.45, 7) is 4.41. The zero-order chi connectivity index (χ0) is 42.8. The summed E-state index contributed by atoms with van der Waals surface area (Å²) in [5, 5.41) is 23.3. The van der Waals surface area contributed by atoms with Gasteiger partial charge in [0.2, 0.25) is 5.91 Å². The van der Waals surface area contributed by atoms with Crippen molar-refractivity contribution in [1.29, 1.82) is 0 Å². The second kappa shape index (κ2) is 51.7. The monoisotopic (exact) mass is 834 g/mol. The lowest BCUT2D eigenvalue weighted by molar-refractivity contribution is -0.123. The van der Waals surface area contributed by atoms with Crippen molar-refractivity contribution < 1.29 is 15.0 Å². The van der Waals surface area contributed by atoms with E-state index >= 15 is 0 Å². The fourth-order valence-corrected chi connectivity index (χ4v) is 9.13. The van der Waals surface area contributed by atoms with Crippen LogP contribution in [-0.4, -0.2) is 34.9 Å². The van der Waals surface area contributed by atoms with Gasteiger partial charge < -0.3 is 15.5 Å². The van der Waals surface area contributed by atoms with Crippen LogP contribution in [0.1, 0.15) is 328 Å². The highest BCUT2D eigenvalue weighted by atomic mass is 16.3. The second-order valence-electron chi connectivity index (χ2n) is 19.4. The first-order valence-corrected chi connectivity index (χ1v) is 27.7. The summed E-state index contributed by atoms with van der Waals surface area (Å²) < 4.78 is 0. The largest absolute Gasteiger partial charge is 0.394 e. The highest BCUT2D eigenvalue weighted by molar-refractivity contribution is 5.76. The van der Waals surface area contributed by atoms with Crippen molar-refractivity contribution in [2.24, 2.45) is 0 Å². The van der Waals surface area contributed by atoms with Gasteiger partial charge in [0, 0.05) is 6.42 Å². The van der Waals surface area contributed by atoms with Crippen LogP contribution < -0.4 is 5.32 Å². The quantitative estimate of drug-likeness (QED) is 0.0535. The highest BCUT2D eigenvalue weighted by Crippen LogP contribution is 2.18. The third-order valence-electron chi connectivity index (χ3n) is 13.4. The molecular formula is C55H111NO3. The number of carbonyl (C=O) groups excluding carboxylic acids is 1. The number of carbonyl (C=O) groups is 1. The Morgan fingerprint density at radius 1 is 0.339 bits per heavy atom. The molecule has 0 rings (SSSR count). The standard InChI is InChI=1S/C55H111NO3/c1-3-5-7-9-11-13-15-17-19-21-23-25-26-27-28-29-31-32-34-36-38-40-42-44-46-48-50-54(58)53(52-57)56-55(59)51-49-47-45-43-41-39-37-35-33-30-24-22-20-18-16-14-12-10-8-6-4-2/h53-54,57-58H,3-52H2,1-2H3,(H,56,59). The molecule has 0 saturated heterocycles. The SMILES string of the molecule is CCCCCCCCCCCCCCCCCCCCCCCCCCCCC(O)C(CO)NC(=O)CCCCCCCCCCCCCCCCCCCCCCC. The smallest absolute Gasteiger partial charge is 0.220 e. The van der Waals surface area contributed by atoms with E-state index in [4.69, 9.17) is 0 Å². The molecule has 0 aromatic rings. The number of amides is 1. The van der Waals surface area contributed by atoms with Gasteiger partial charge >= 0.3 is 0 Å².